The number of nitrogens with zero attached hydrogens (tertiary/aromatic N) is 1. The van der Waals surface area contributed by atoms with E-state index in [1.165, 1.54) is 32.1 Å². The van der Waals surface area contributed by atoms with Gasteiger partial charge in [0.25, 0.3) is 0 Å². The van der Waals surface area contributed by atoms with Crippen molar-refractivity contribution in [3.05, 3.63) is 34.9 Å². The first-order valence-corrected chi connectivity index (χ1v) is 15.2. The number of carbonyl (C=O) groups is 2. The normalized spacial score (nSPS) is 22.9. The maximum Gasteiger partial charge on any atom is 0.317 e. The van der Waals surface area contributed by atoms with Gasteiger partial charge in [0.2, 0.25) is 5.91 Å². The maximum atomic E-state index is 13.4. The molecule has 4 rings (SSSR count). The van der Waals surface area contributed by atoms with Gasteiger partial charge in [-0.05, 0) is 75.6 Å². The molecule has 212 valence electrons. The molecule has 38 heavy (non-hydrogen) atoms. The molecule has 8 heteroatoms. The third-order valence-electron chi connectivity index (χ3n) is 8.81. The fourth-order valence-corrected chi connectivity index (χ4v) is 6.67. The van der Waals surface area contributed by atoms with Crippen LogP contribution in [-0.4, -0.2) is 61.2 Å². The van der Waals surface area contributed by atoms with Crippen molar-refractivity contribution < 1.29 is 14.7 Å². The van der Waals surface area contributed by atoms with Crippen LogP contribution in [0.2, 0.25) is 5.02 Å². The quantitative estimate of drug-likeness (QED) is 0.283. The second kappa shape index (κ2) is 14.0. The zero-order valence-electron chi connectivity index (χ0n) is 23.0. The minimum Gasteiger partial charge on any atom is -0.385 e. The Kier molecular flexibility index (Phi) is 10.7. The second-order valence-corrected chi connectivity index (χ2v) is 12.3. The number of hydrogen-bond donors (Lipinski definition) is 4. The molecule has 0 radical (unpaired) electrons. The van der Waals surface area contributed by atoms with Crippen molar-refractivity contribution in [3.8, 4) is 0 Å². The van der Waals surface area contributed by atoms with Crippen molar-refractivity contribution in [2.24, 2.45) is 17.8 Å². The summed E-state index contributed by atoms with van der Waals surface area (Å²) in [6, 6.07) is 7.54. The topological polar surface area (TPSA) is 93.7 Å². The molecule has 2 saturated carbocycles. The van der Waals surface area contributed by atoms with Crippen molar-refractivity contribution >= 4 is 23.5 Å². The van der Waals surface area contributed by atoms with E-state index in [0.29, 0.717) is 43.4 Å². The molecular formula is C30H47ClN4O3. The minimum atomic E-state index is -1.12. The molecule has 3 aliphatic rings. The van der Waals surface area contributed by atoms with Gasteiger partial charge in [-0.2, -0.15) is 0 Å². The second-order valence-electron chi connectivity index (χ2n) is 11.8. The van der Waals surface area contributed by atoms with Crippen LogP contribution < -0.4 is 16.0 Å². The highest BCUT2D eigenvalue weighted by molar-refractivity contribution is 6.30. The summed E-state index contributed by atoms with van der Waals surface area (Å²) in [5, 5.41) is 22.3. The van der Waals surface area contributed by atoms with Crippen LogP contribution in [0.1, 0.15) is 82.6 Å². The molecule has 1 heterocycles. The molecule has 1 saturated heterocycles. The zero-order chi connectivity index (χ0) is 27.0. The van der Waals surface area contributed by atoms with Gasteiger partial charge in [0.15, 0.2) is 0 Å². The molecule has 1 aromatic rings. The monoisotopic (exact) mass is 546 g/mol. The summed E-state index contributed by atoms with van der Waals surface area (Å²) in [6.07, 6.45) is 12.3. The van der Waals surface area contributed by atoms with Crippen LogP contribution >= 0.6 is 11.6 Å². The number of halogens is 1. The summed E-state index contributed by atoms with van der Waals surface area (Å²) in [5.41, 5.74) is -0.336. The van der Waals surface area contributed by atoms with Gasteiger partial charge < -0.3 is 26.0 Å². The van der Waals surface area contributed by atoms with E-state index in [9.17, 15) is 14.7 Å². The third kappa shape index (κ3) is 8.09. The van der Waals surface area contributed by atoms with Gasteiger partial charge in [0, 0.05) is 49.1 Å². The summed E-state index contributed by atoms with van der Waals surface area (Å²) in [5.74, 6) is 0.878. The Labute approximate surface area is 233 Å². The average Bonchev–Trinajstić information content (AvgIpc) is 3.77. The molecule has 4 N–H and O–H groups in total. The van der Waals surface area contributed by atoms with E-state index in [1.54, 1.807) is 0 Å². The molecule has 3 amide bonds. The molecule has 7 nitrogen and oxygen atoms in total. The van der Waals surface area contributed by atoms with Crippen molar-refractivity contribution in [3.63, 3.8) is 0 Å². The van der Waals surface area contributed by atoms with Gasteiger partial charge in [-0.15, -0.1) is 0 Å². The van der Waals surface area contributed by atoms with Crippen molar-refractivity contribution in [2.75, 3.05) is 33.2 Å². The number of urea groups is 1. The zero-order valence-corrected chi connectivity index (χ0v) is 23.8. The smallest absolute Gasteiger partial charge is 0.317 e. The first-order chi connectivity index (χ1) is 18.4. The highest BCUT2D eigenvalue weighted by Gasteiger charge is 2.41. The van der Waals surface area contributed by atoms with E-state index in [-0.39, 0.29) is 29.8 Å². The Bertz CT molecular complexity index is 921. The van der Waals surface area contributed by atoms with Crippen LogP contribution in [0.3, 0.4) is 0 Å². The predicted octanol–water partition coefficient (Wildman–Crippen LogP) is 4.81. The lowest BCUT2D eigenvalue weighted by atomic mass is 9.74. The van der Waals surface area contributed by atoms with Gasteiger partial charge >= 0.3 is 6.03 Å². The van der Waals surface area contributed by atoms with Crippen molar-refractivity contribution in [1.29, 1.82) is 0 Å². The average molecular weight is 547 g/mol. The molecule has 0 spiro atoms. The Balaban J connectivity index is 1.40. The summed E-state index contributed by atoms with van der Waals surface area (Å²) in [6.45, 7) is 2.50. The SMILES string of the molecule is CNCC(CC1CCCCC1)NC(=O)N1CCCC(C(O)(CCCNC(=O)C2CC2)c2cccc(Cl)c2)C1. The first-order valence-electron chi connectivity index (χ1n) is 14.8. The van der Waals surface area contributed by atoms with Gasteiger partial charge in [-0.1, -0.05) is 55.8 Å². The number of amides is 3. The summed E-state index contributed by atoms with van der Waals surface area (Å²) in [4.78, 5) is 27.4. The van der Waals surface area contributed by atoms with Crippen LogP contribution in [-0.2, 0) is 10.4 Å². The summed E-state index contributed by atoms with van der Waals surface area (Å²) in [7, 11) is 1.94. The molecule has 3 fully saturated rings. The van der Waals surface area contributed by atoms with E-state index in [0.717, 1.165) is 44.2 Å². The molecule has 3 atom stereocenters. The molecule has 0 bridgehead atoms. The van der Waals surface area contributed by atoms with Gasteiger partial charge in [0.1, 0.15) is 0 Å². The lowest BCUT2D eigenvalue weighted by molar-refractivity contribution is -0.122. The highest BCUT2D eigenvalue weighted by Crippen LogP contribution is 2.40. The largest absolute Gasteiger partial charge is 0.385 e. The standard InChI is InChI=1S/C30H47ClN4O3/c1-32-20-27(18-22-8-3-2-4-9-22)34-29(37)35-17-6-11-25(21-35)30(38,24-10-5-12-26(31)19-24)15-7-16-33-28(36)23-13-14-23/h5,10,12,19,22-23,25,27,32,38H,2-4,6-9,11,13-18,20-21H2,1H3,(H,33,36)(H,34,37). The Morgan fingerprint density at radius 2 is 1.92 bits per heavy atom. The number of carbonyl (C=O) groups excluding carboxylic acids is 2. The number of rotatable bonds is 12. The fourth-order valence-electron chi connectivity index (χ4n) is 6.48. The fraction of sp³-hybridized carbons (Fsp3) is 0.733. The number of aliphatic hydroxyl groups is 1. The van der Waals surface area contributed by atoms with Gasteiger partial charge in [0.05, 0.1) is 5.60 Å². The van der Waals surface area contributed by atoms with Crippen LogP contribution in [0.4, 0.5) is 4.79 Å². The molecule has 2 aliphatic carbocycles. The Morgan fingerprint density at radius 1 is 1.13 bits per heavy atom. The van der Waals surface area contributed by atoms with Crippen molar-refractivity contribution in [1.82, 2.24) is 20.9 Å². The molecule has 3 unspecified atom stereocenters. The number of hydrogen-bond acceptors (Lipinski definition) is 4. The number of piperidine rings is 1. The Morgan fingerprint density at radius 3 is 2.63 bits per heavy atom. The van der Waals surface area contributed by atoms with Crippen LogP contribution in [0, 0.1) is 17.8 Å². The maximum absolute atomic E-state index is 13.4. The summed E-state index contributed by atoms with van der Waals surface area (Å²) >= 11 is 6.33. The minimum absolute atomic E-state index is 0.0316. The predicted molar refractivity (Wildman–Crippen MR) is 152 cm³/mol. The lowest BCUT2D eigenvalue weighted by Gasteiger charge is -2.43. The van der Waals surface area contributed by atoms with Crippen LogP contribution in [0.5, 0.6) is 0 Å². The number of benzene rings is 1. The highest BCUT2D eigenvalue weighted by atomic mass is 35.5. The molecule has 1 aromatic carbocycles. The molecular weight excluding hydrogens is 500 g/mol. The van der Waals surface area contributed by atoms with E-state index < -0.39 is 5.60 Å². The van der Waals surface area contributed by atoms with Crippen LogP contribution in [0.25, 0.3) is 0 Å². The van der Waals surface area contributed by atoms with Gasteiger partial charge in [-0.3, -0.25) is 4.79 Å². The van der Waals surface area contributed by atoms with Crippen molar-refractivity contribution in [2.45, 2.75) is 88.7 Å². The summed E-state index contributed by atoms with van der Waals surface area (Å²) < 4.78 is 0. The van der Waals surface area contributed by atoms with Gasteiger partial charge in [-0.25, -0.2) is 4.79 Å². The van der Waals surface area contributed by atoms with E-state index in [4.69, 9.17) is 11.6 Å². The molecule has 0 aromatic heterocycles. The first kappa shape index (κ1) is 29.2. The number of nitrogens with one attached hydrogen (secondary N) is 3. The Hall–Kier alpha value is -1.83. The van der Waals surface area contributed by atoms with E-state index in [2.05, 4.69) is 16.0 Å². The molecule has 1 aliphatic heterocycles. The lowest BCUT2D eigenvalue weighted by Crippen LogP contribution is -2.54. The van der Waals surface area contributed by atoms with E-state index in [1.807, 2.05) is 36.2 Å². The third-order valence-corrected chi connectivity index (χ3v) is 9.05. The van der Waals surface area contributed by atoms with E-state index >= 15 is 0 Å². The number of likely N-dealkylation sites (N-methyl/N-ethyl adjacent to an activating group) is 1. The number of likely N-dealkylation sites (tertiary alicyclic amines) is 1. The van der Waals surface area contributed by atoms with Crippen LogP contribution in [0.15, 0.2) is 24.3 Å².